The van der Waals surface area contributed by atoms with Crippen LogP contribution in [0.3, 0.4) is 0 Å². The van der Waals surface area contributed by atoms with Crippen LogP contribution in [0.4, 0.5) is 10.5 Å². The summed E-state index contributed by atoms with van der Waals surface area (Å²) in [5, 5.41) is 4.00. The Balaban J connectivity index is 0.00000155. The minimum Gasteiger partial charge on any atom is -0.497 e. The molecule has 30 heavy (non-hydrogen) atoms. The van der Waals surface area contributed by atoms with Crippen molar-refractivity contribution in [2.45, 2.75) is 59.5 Å². The SMILES string of the molecule is CC.COc1ccc2nccc(N3CCC(CCNC(=O)OC(C)(C)C)CC3)c2c1. The summed E-state index contributed by atoms with van der Waals surface area (Å²) in [5.74, 6) is 1.47. The molecule has 0 aliphatic carbocycles. The summed E-state index contributed by atoms with van der Waals surface area (Å²) >= 11 is 0. The summed E-state index contributed by atoms with van der Waals surface area (Å²) in [5.41, 5.74) is 1.75. The first-order chi connectivity index (χ1) is 14.4. The van der Waals surface area contributed by atoms with Gasteiger partial charge in [-0.3, -0.25) is 4.98 Å². The zero-order valence-electron chi connectivity index (χ0n) is 19.3. The Kier molecular flexibility index (Phi) is 8.75. The van der Waals surface area contributed by atoms with E-state index in [1.807, 2.05) is 52.9 Å². The zero-order chi connectivity index (χ0) is 22.1. The van der Waals surface area contributed by atoms with E-state index >= 15 is 0 Å². The van der Waals surface area contributed by atoms with E-state index < -0.39 is 5.60 Å². The molecule has 3 rings (SSSR count). The Bertz CT molecular complexity index is 809. The number of rotatable bonds is 5. The number of fused-ring (bicyclic) bond motifs is 1. The maximum atomic E-state index is 11.8. The first kappa shape index (κ1) is 23.8. The minimum atomic E-state index is -0.453. The number of alkyl carbamates (subject to hydrolysis) is 1. The molecule has 0 unspecified atom stereocenters. The Morgan fingerprint density at radius 3 is 2.53 bits per heavy atom. The third-order valence-electron chi connectivity index (χ3n) is 5.10. The quantitative estimate of drug-likeness (QED) is 0.708. The Hall–Kier alpha value is -2.50. The molecule has 1 aliphatic rings. The predicted octanol–water partition coefficient (Wildman–Crippen LogP) is 5.40. The fraction of sp³-hybridized carbons (Fsp3) is 0.583. The second kappa shape index (κ2) is 11.0. The zero-order valence-corrected chi connectivity index (χ0v) is 19.3. The molecule has 1 aliphatic heterocycles. The van der Waals surface area contributed by atoms with Gasteiger partial charge in [0.1, 0.15) is 11.4 Å². The molecule has 0 bridgehead atoms. The summed E-state index contributed by atoms with van der Waals surface area (Å²) in [6, 6.07) is 8.11. The molecule has 1 aromatic heterocycles. The average Bonchev–Trinajstić information content (AvgIpc) is 2.73. The fourth-order valence-electron chi connectivity index (χ4n) is 3.67. The van der Waals surface area contributed by atoms with Gasteiger partial charge in [0.25, 0.3) is 0 Å². The molecule has 0 saturated carbocycles. The topological polar surface area (TPSA) is 63.7 Å². The lowest BCUT2D eigenvalue weighted by molar-refractivity contribution is 0.0524. The number of pyridine rings is 1. The van der Waals surface area contributed by atoms with E-state index in [0.29, 0.717) is 12.5 Å². The molecule has 1 fully saturated rings. The summed E-state index contributed by atoms with van der Waals surface area (Å²) in [4.78, 5) is 18.7. The summed E-state index contributed by atoms with van der Waals surface area (Å²) in [6.45, 7) is 12.3. The second-order valence-electron chi connectivity index (χ2n) is 8.36. The number of carbonyl (C=O) groups excluding carboxylic acids is 1. The molecule has 6 nitrogen and oxygen atoms in total. The van der Waals surface area contributed by atoms with Crippen molar-refractivity contribution >= 4 is 22.7 Å². The first-order valence-electron chi connectivity index (χ1n) is 11.0. The number of carbonyl (C=O) groups is 1. The standard InChI is InChI=1S/C22H31N3O3.C2H6/c1-22(2,3)28-21(26)24-11-7-16-9-13-25(14-10-16)20-8-12-23-19-6-5-17(27-4)15-18(19)20;1-2/h5-6,8,12,15-16H,7,9-11,13-14H2,1-4H3,(H,24,26);1-2H3. The predicted molar refractivity (Wildman–Crippen MR) is 123 cm³/mol. The molecule has 0 radical (unpaired) electrons. The van der Waals surface area contributed by atoms with Crippen molar-refractivity contribution in [1.82, 2.24) is 10.3 Å². The van der Waals surface area contributed by atoms with Crippen LogP contribution in [0.25, 0.3) is 10.9 Å². The van der Waals surface area contributed by atoms with Crippen LogP contribution in [0.2, 0.25) is 0 Å². The summed E-state index contributed by atoms with van der Waals surface area (Å²) < 4.78 is 10.7. The number of benzene rings is 1. The van der Waals surface area contributed by atoms with Crippen LogP contribution >= 0.6 is 0 Å². The smallest absolute Gasteiger partial charge is 0.407 e. The van der Waals surface area contributed by atoms with Crippen LogP contribution < -0.4 is 15.0 Å². The number of piperidine rings is 1. The molecule has 0 spiro atoms. The molecule has 1 aromatic carbocycles. The van der Waals surface area contributed by atoms with Crippen LogP contribution in [0.5, 0.6) is 5.75 Å². The monoisotopic (exact) mass is 415 g/mol. The number of nitrogens with zero attached hydrogens (tertiary/aromatic N) is 2. The number of amides is 1. The molecule has 166 valence electrons. The van der Waals surface area contributed by atoms with E-state index in [2.05, 4.69) is 27.3 Å². The Labute approximate surface area is 181 Å². The summed E-state index contributed by atoms with van der Waals surface area (Å²) in [7, 11) is 1.69. The van der Waals surface area contributed by atoms with Gasteiger partial charge in [-0.15, -0.1) is 0 Å². The van der Waals surface area contributed by atoms with Crippen molar-refractivity contribution < 1.29 is 14.3 Å². The van der Waals surface area contributed by atoms with E-state index in [-0.39, 0.29) is 6.09 Å². The highest BCUT2D eigenvalue weighted by molar-refractivity contribution is 5.92. The number of hydrogen-bond acceptors (Lipinski definition) is 5. The van der Waals surface area contributed by atoms with Gasteiger partial charge in [0.05, 0.1) is 12.6 Å². The van der Waals surface area contributed by atoms with Crippen molar-refractivity contribution in [3.8, 4) is 5.75 Å². The van der Waals surface area contributed by atoms with Crippen molar-refractivity contribution in [1.29, 1.82) is 0 Å². The van der Waals surface area contributed by atoms with Gasteiger partial charge in [-0.1, -0.05) is 13.8 Å². The number of anilines is 1. The lowest BCUT2D eigenvalue weighted by Gasteiger charge is -2.34. The second-order valence-corrected chi connectivity index (χ2v) is 8.36. The highest BCUT2D eigenvalue weighted by atomic mass is 16.6. The van der Waals surface area contributed by atoms with Gasteiger partial charge >= 0.3 is 6.09 Å². The molecule has 2 aromatic rings. The van der Waals surface area contributed by atoms with Crippen molar-refractivity contribution in [3.63, 3.8) is 0 Å². The third kappa shape index (κ3) is 6.78. The molecule has 0 atom stereocenters. The molecule has 1 saturated heterocycles. The Morgan fingerprint density at radius 1 is 1.20 bits per heavy atom. The van der Waals surface area contributed by atoms with Crippen LogP contribution in [0.1, 0.15) is 53.9 Å². The van der Waals surface area contributed by atoms with Crippen LogP contribution in [0.15, 0.2) is 30.5 Å². The number of ether oxygens (including phenoxy) is 2. The molecule has 6 heteroatoms. The van der Waals surface area contributed by atoms with E-state index in [4.69, 9.17) is 9.47 Å². The molecule has 1 N–H and O–H groups in total. The molecular formula is C24H37N3O3. The lowest BCUT2D eigenvalue weighted by Crippen LogP contribution is -2.36. The number of hydrogen-bond donors (Lipinski definition) is 1. The average molecular weight is 416 g/mol. The molecular weight excluding hydrogens is 378 g/mol. The van der Waals surface area contributed by atoms with E-state index in [9.17, 15) is 4.79 Å². The van der Waals surface area contributed by atoms with Gasteiger partial charge in [0.2, 0.25) is 0 Å². The van der Waals surface area contributed by atoms with Crippen LogP contribution in [-0.2, 0) is 4.74 Å². The van der Waals surface area contributed by atoms with E-state index in [0.717, 1.165) is 49.0 Å². The van der Waals surface area contributed by atoms with Crippen molar-refractivity contribution in [3.05, 3.63) is 30.5 Å². The van der Waals surface area contributed by atoms with E-state index in [1.165, 1.54) is 5.69 Å². The van der Waals surface area contributed by atoms with E-state index in [1.54, 1.807) is 7.11 Å². The van der Waals surface area contributed by atoms with Gasteiger partial charge in [0.15, 0.2) is 0 Å². The van der Waals surface area contributed by atoms with Crippen LogP contribution in [-0.4, -0.2) is 43.4 Å². The maximum absolute atomic E-state index is 11.8. The highest BCUT2D eigenvalue weighted by Crippen LogP contribution is 2.32. The van der Waals surface area contributed by atoms with Gasteiger partial charge in [-0.2, -0.15) is 0 Å². The third-order valence-corrected chi connectivity index (χ3v) is 5.10. The normalized spacial score (nSPS) is 14.7. The minimum absolute atomic E-state index is 0.331. The van der Waals surface area contributed by atoms with Gasteiger partial charge in [-0.25, -0.2) is 4.79 Å². The number of aromatic nitrogens is 1. The summed E-state index contributed by atoms with van der Waals surface area (Å²) in [6.07, 6.45) is 4.76. The van der Waals surface area contributed by atoms with Crippen LogP contribution in [0, 0.1) is 5.92 Å². The van der Waals surface area contributed by atoms with Gasteiger partial charge in [-0.05, 0) is 70.2 Å². The maximum Gasteiger partial charge on any atom is 0.407 e. The highest BCUT2D eigenvalue weighted by Gasteiger charge is 2.22. The molecule has 1 amide bonds. The largest absolute Gasteiger partial charge is 0.497 e. The molecule has 2 heterocycles. The van der Waals surface area contributed by atoms with Gasteiger partial charge < -0.3 is 19.7 Å². The number of methoxy groups -OCH3 is 1. The van der Waals surface area contributed by atoms with Gasteiger partial charge in [0, 0.05) is 36.9 Å². The van der Waals surface area contributed by atoms with Crippen molar-refractivity contribution in [2.75, 3.05) is 31.6 Å². The fourth-order valence-corrected chi connectivity index (χ4v) is 3.67. The number of nitrogens with one attached hydrogen (secondary N) is 1. The lowest BCUT2D eigenvalue weighted by atomic mass is 9.93. The van der Waals surface area contributed by atoms with Crippen molar-refractivity contribution in [2.24, 2.45) is 5.92 Å². The first-order valence-corrected chi connectivity index (χ1v) is 11.0. The Morgan fingerprint density at radius 2 is 1.90 bits per heavy atom.